The lowest BCUT2D eigenvalue weighted by atomic mass is 9.68. The molecule has 2 aliphatic carbocycles. The van der Waals surface area contributed by atoms with Crippen LogP contribution in [0.2, 0.25) is 5.02 Å². The molecule has 2 aliphatic heterocycles. The van der Waals surface area contributed by atoms with E-state index in [-0.39, 0.29) is 28.7 Å². The third-order valence-corrected chi connectivity index (χ3v) is 12.8. The van der Waals surface area contributed by atoms with Crippen molar-refractivity contribution in [1.29, 1.82) is 0 Å². The van der Waals surface area contributed by atoms with Gasteiger partial charge in [-0.3, -0.25) is 4.79 Å². The standard InChI is InChI=1S/C37H41ClN2O5S/c1-24-7-5-11-33(41)30-15-12-28(30)21-40-22-37(18-6-10-26-19-29(38)14-16-31(26)37)23-45-34-17-13-27(20-32(34)40)36(42)39-46(43,44)35(24)25-8-3-2-4-9-25/h2-5,8-9,11,13-14,16-17,19-20,24,28,30,33,35,41H,6-7,10,12,15,18,21-23H2,1H3,(H,39,42)/b11-5-/t24-,28-,30+,33-,35+,37-/m0/s1. The Hall–Kier alpha value is -3.33. The highest BCUT2D eigenvalue weighted by atomic mass is 35.5. The SMILES string of the molecule is C[C@H]1C/C=C\[C@H](O)[C@@H]2CC[C@H]2CN2C[C@@]3(CCCc4cc(Cl)ccc43)COc3ccc(cc32)C(=O)NS(=O)(=O)[C@H]1c1ccccc1. The Morgan fingerprint density at radius 1 is 1.07 bits per heavy atom. The molecule has 0 unspecified atom stereocenters. The molecule has 9 heteroatoms. The van der Waals surface area contributed by atoms with Gasteiger partial charge in [-0.05, 0) is 103 Å². The topological polar surface area (TPSA) is 95.9 Å². The van der Waals surface area contributed by atoms with Crippen LogP contribution in [0.25, 0.3) is 0 Å². The van der Waals surface area contributed by atoms with E-state index in [0.29, 0.717) is 37.4 Å². The number of fused-ring (bicyclic) bond motifs is 4. The van der Waals surface area contributed by atoms with Crippen LogP contribution in [-0.4, -0.2) is 45.2 Å². The van der Waals surface area contributed by atoms with E-state index in [4.69, 9.17) is 16.3 Å². The number of hydrogen-bond donors (Lipinski definition) is 2. The molecular weight excluding hydrogens is 620 g/mol. The second-order valence-electron chi connectivity index (χ2n) is 13.7. The quantitative estimate of drug-likeness (QED) is 0.286. The predicted octanol–water partition coefficient (Wildman–Crippen LogP) is 6.60. The first-order valence-electron chi connectivity index (χ1n) is 16.4. The second-order valence-corrected chi connectivity index (χ2v) is 16.0. The highest BCUT2D eigenvalue weighted by molar-refractivity contribution is 7.90. The van der Waals surface area contributed by atoms with Crippen LogP contribution in [0, 0.1) is 17.8 Å². The van der Waals surface area contributed by atoms with E-state index in [1.54, 1.807) is 30.3 Å². The van der Waals surface area contributed by atoms with Crippen LogP contribution >= 0.6 is 11.6 Å². The number of nitrogens with zero attached hydrogens (tertiary/aromatic N) is 1. The van der Waals surface area contributed by atoms with Crippen LogP contribution in [0.5, 0.6) is 5.75 Å². The minimum atomic E-state index is -4.13. The van der Waals surface area contributed by atoms with Crippen molar-refractivity contribution in [3.05, 3.63) is 106 Å². The zero-order valence-corrected chi connectivity index (χ0v) is 27.6. The normalized spacial score (nSPS) is 31.3. The molecular formula is C37H41ClN2O5S. The smallest absolute Gasteiger partial charge is 0.264 e. The summed E-state index contributed by atoms with van der Waals surface area (Å²) in [6.45, 7) is 3.74. The van der Waals surface area contributed by atoms with E-state index in [2.05, 4.69) is 21.8 Å². The Morgan fingerprint density at radius 2 is 1.89 bits per heavy atom. The number of carbonyl (C=O) groups is 1. The van der Waals surface area contributed by atoms with E-state index >= 15 is 0 Å². The summed E-state index contributed by atoms with van der Waals surface area (Å²) in [5, 5.41) is 11.1. The number of allylic oxidation sites excluding steroid dienone is 1. The van der Waals surface area contributed by atoms with Crippen LogP contribution in [0.1, 0.15) is 71.3 Å². The molecule has 0 aromatic heterocycles. The van der Waals surface area contributed by atoms with Crippen LogP contribution in [0.3, 0.4) is 0 Å². The molecule has 46 heavy (non-hydrogen) atoms. The summed E-state index contributed by atoms with van der Waals surface area (Å²) in [5.74, 6) is 0.0242. The van der Waals surface area contributed by atoms with Crippen molar-refractivity contribution in [3.63, 3.8) is 0 Å². The third-order valence-electron chi connectivity index (χ3n) is 10.7. The number of nitrogens with one attached hydrogen (secondary N) is 1. The molecule has 242 valence electrons. The Kier molecular flexibility index (Phi) is 8.41. The number of anilines is 1. The van der Waals surface area contributed by atoms with E-state index in [0.717, 1.165) is 42.8 Å². The summed E-state index contributed by atoms with van der Waals surface area (Å²) in [4.78, 5) is 16.1. The van der Waals surface area contributed by atoms with Crippen molar-refractivity contribution in [3.8, 4) is 5.75 Å². The second kappa shape index (κ2) is 12.4. The van der Waals surface area contributed by atoms with Gasteiger partial charge < -0.3 is 14.7 Å². The molecule has 4 aliphatic rings. The molecule has 3 aromatic carbocycles. The molecule has 2 N–H and O–H groups in total. The number of ether oxygens (including phenoxy) is 1. The number of aryl methyl sites for hydroxylation is 1. The van der Waals surface area contributed by atoms with E-state index in [9.17, 15) is 18.3 Å². The molecule has 2 heterocycles. The highest BCUT2D eigenvalue weighted by Crippen LogP contribution is 2.47. The molecule has 1 amide bonds. The van der Waals surface area contributed by atoms with Gasteiger partial charge in [-0.2, -0.15) is 0 Å². The first-order chi connectivity index (χ1) is 22.1. The van der Waals surface area contributed by atoms with Gasteiger partial charge in [0.05, 0.1) is 18.4 Å². The summed E-state index contributed by atoms with van der Waals surface area (Å²) in [6, 6.07) is 20.4. The average Bonchev–Trinajstić information content (AvgIpc) is 3.16. The Labute approximate surface area is 276 Å². The van der Waals surface area contributed by atoms with Crippen molar-refractivity contribution in [2.45, 2.75) is 62.2 Å². The van der Waals surface area contributed by atoms with Gasteiger partial charge in [-0.25, -0.2) is 13.1 Å². The molecule has 7 nitrogen and oxygen atoms in total. The fourth-order valence-corrected chi connectivity index (χ4v) is 10.2. The van der Waals surface area contributed by atoms with Crippen molar-refractivity contribution >= 4 is 33.2 Å². The maximum Gasteiger partial charge on any atom is 0.264 e. The molecule has 2 bridgehead atoms. The monoisotopic (exact) mass is 660 g/mol. The first-order valence-corrected chi connectivity index (χ1v) is 18.3. The largest absolute Gasteiger partial charge is 0.490 e. The lowest BCUT2D eigenvalue weighted by molar-refractivity contribution is 0.0456. The minimum Gasteiger partial charge on any atom is -0.490 e. The van der Waals surface area contributed by atoms with Crippen LogP contribution < -0.4 is 14.4 Å². The lowest BCUT2D eigenvalue weighted by Gasteiger charge is -2.45. The van der Waals surface area contributed by atoms with Gasteiger partial charge >= 0.3 is 0 Å². The van der Waals surface area contributed by atoms with Gasteiger partial charge in [0, 0.05) is 29.1 Å². The summed E-state index contributed by atoms with van der Waals surface area (Å²) in [5.41, 5.74) is 3.88. The Balaban J connectivity index is 1.30. The number of carbonyl (C=O) groups excluding carboxylic acids is 1. The van der Waals surface area contributed by atoms with Gasteiger partial charge in [0.1, 0.15) is 11.0 Å². The molecule has 6 atom stereocenters. The maximum atomic E-state index is 13.9. The number of halogens is 1. The summed E-state index contributed by atoms with van der Waals surface area (Å²) in [7, 11) is -4.13. The number of aliphatic hydroxyl groups excluding tert-OH is 1. The molecule has 1 fully saturated rings. The predicted molar refractivity (Wildman–Crippen MR) is 181 cm³/mol. The molecule has 3 aromatic rings. The Bertz CT molecular complexity index is 1760. The van der Waals surface area contributed by atoms with Gasteiger partial charge in [-0.1, -0.05) is 67.1 Å². The number of hydrogen-bond acceptors (Lipinski definition) is 6. The minimum absolute atomic E-state index is 0.0978. The van der Waals surface area contributed by atoms with Gasteiger partial charge in [-0.15, -0.1) is 0 Å². The zero-order chi connectivity index (χ0) is 32.1. The first kappa shape index (κ1) is 31.3. The van der Waals surface area contributed by atoms with E-state index < -0.39 is 27.3 Å². The molecule has 0 radical (unpaired) electrons. The number of amides is 1. The number of sulfonamides is 1. The fraction of sp³-hybridized carbons (Fsp3) is 0.432. The summed E-state index contributed by atoms with van der Waals surface area (Å²) in [6.07, 6.45) is 8.44. The van der Waals surface area contributed by atoms with Gasteiger partial charge in [0.2, 0.25) is 10.0 Å². The molecule has 7 rings (SSSR count). The van der Waals surface area contributed by atoms with Crippen molar-refractivity contribution in [2.24, 2.45) is 17.8 Å². The molecule has 1 spiro atoms. The van der Waals surface area contributed by atoms with Crippen molar-refractivity contribution in [1.82, 2.24) is 4.72 Å². The molecule has 0 saturated heterocycles. The summed E-state index contributed by atoms with van der Waals surface area (Å²) >= 11 is 6.41. The molecule has 1 saturated carbocycles. The number of benzene rings is 3. The van der Waals surface area contributed by atoms with Crippen LogP contribution in [0.4, 0.5) is 5.69 Å². The van der Waals surface area contributed by atoms with Crippen molar-refractivity contribution in [2.75, 3.05) is 24.6 Å². The van der Waals surface area contributed by atoms with Gasteiger partial charge in [0.15, 0.2) is 0 Å². The van der Waals surface area contributed by atoms with Crippen LogP contribution in [0.15, 0.2) is 78.9 Å². The van der Waals surface area contributed by atoms with E-state index in [1.807, 2.05) is 43.3 Å². The van der Waals surface area contributed by atoms with Crippen molar-refractivity contribution < 1.29 is 23.1 Å². The fourth-order valence-electron chi connectivity index (χ4n) is 8.22. The summed E-state index contributed by atoms with van der Waals surface area (Å²) < 4.78 is 36.8. The Morgan fingerprint density at radius 3 is 2.67 bits per heavy atom. The van der Waals surface area contributed by atoms with Gasteiger partial charge in [0.25, 0.3) is 5.91 Å². The van der Waals surface area contributed by atoms with Crippen LogP contribution in [-0.2, 0) is 21.9 Å². The third kappa shape index (κ3) is 5.84. The van der Waals surface area contributed by atoms with E-state index in [1.165, 1.54) is 11.1 Å². The number of rotatable bonds is 1. The highest BCUT2D eigenvalue weighted by Gasteiger charge is 2.44. The number of aliphatic hydroxyl groups is 1. The maximum absolute atomic E-state index is 13.9. The lowest BCUT2D eigenvalue weighted by Crippen LogP contribution is -2.49. The zero-order valence-electron chi connectivity index (χ0n) is 26.1. The average molecular weight is 661 g/mol.